The summed E-state index contributed by atoms with van der Waals surface area (Å²) >= 11 is 29.1. The van der Waals surface area contributed by atoms with E-state index in [9.17, 15) is 9.59 Å². The molecule has 0 bridgehead atoms. The van der Waals surface area contributed by atoms with Gasteiger partial charge in [0.15, 0.2) is 0 Å². The van der Waals surface area contributed by atoms with Gasteiger partial charge in [0.2, 0.25) is 0 Å². The van der Waals surface area contributed by atoms with Crippen LogP contribution in [0.4, 0.5) is 11.6 Å². The van der Waals surface area contributed by atoms with Crippen LogP contribution in [-0.4, -0.2) is 21.8 Å². The van der Waals surface area contributed by atoms with E-state index in [0.29, 0.717) is 51.6 Å². The fraction of sp³-hybridized carbons (Fsp3) is 0. The Hall–Kier alpha value is -3.00. The van der Waals surface area contributed by atoms with Crippen molar-refractivity contribution in [2.75, 3.05) is 10.6 Å². The van der Waals surface area contributed by atoms with Crippen molar-refractivity contribution >= 4 is 115 Å². The molecular weight excluding hydrogens is 710 g/mol. The number of hydrogen-bond donors (Lipinski definition) is 2. The van der Waals surface area contributed by atoms with E-state index in [4.69, 9.17) is 51.1 Å². The second kappa shape index (κ2) is 12.9. The SMILES string of the molecule is O=C(Nc1csc(-c2ccc(Oc3ccc(-c4nc(NC(=O)c5cc(Cl)sc5Cl)cs4)cc3)cc2)n1)c1cc(Cl)sc1Cl. The highest BCUT2D eigenvalue weighted by Gasteiger charge is 2.17. The molecular formula is C28H14Cl4N4O3S4. The number of nitrogens with zero attached hydrogens (tertiary/aromatic N) is 2. The maximum Gasteiger partial charge on any atom is 0.259 e. The first kappa shape index (κ1) is 30.0. The van der Waals surface area contributed by atoms with Crippen LogP contribution >= 0.6 is 91.8 Å². The zero-order valence-corrected chi connectivity index (χ0v) is 27.5. The van der Waals surface area contributed by atoms with Gasteiger partial charge < -0.3 is 15.4 Å². The van der Waals surface area contributed by atoms with Gasteiger partial charge >= 0.3 is 0 Å². The van der Waals surface area contributed by atoms with Gasteiger partial charge in [-0.3, -0.25) is 9.59 Å². The number of thiophene rings is 2. The van der Waals surface area contributed by atoms with E-state index in [2.05, 4.69) is 20.6 Å². The first-order valence-corrected chi connectivity index (χ1v) is 16.9. The Morgan fingerprint density at radius 3 is 1.37 bits per heavy atom. The summed E-state index contributed by atoms with van der Waals surface area (Å²) in [6, 6.07) is 18.0. The number of amides is 2. The molecule has 4 aromatic heterocycles. The van der Waals surface area contributed by atoms with Crippen LogP contribution in [0.25, 0.3) is 21.1 Å². The summed E-state index contributed by atoms with van der Waals surface area (Å²) in [6.07, 6.45) is 0. The molecule has 0 atom stereocenters. The minimum Gasteiger partial charge on any atom is -0.457 e. The average Bonchev–Trinajstić information content (AvgIpc) is 3.77. The van der Waals surface area contributed by atoms with E-state index in [1.54, 1.807) is 10.8 Å². The summed E-state index contributed by atoms with van der Waals surface area (Å²) in [5, 5.41) is 10.5. The number of halogens is 4. The molecule has 4 heterocycles. The number of anilines is 2. The maximum atomic E-state index is 12.5. The van der Waals surface area contributed by atoms with Crippen LogP contribution in [0, 0.1) is 0 Å². The average molecular weight is 725 g/mol. The molecule has 0 spiro atoms. The minimum atomic E-state index is -0.368. The highest BCUT2D eigenvalue weighted by molar-refractivity contribution is 7.20. The number of ether oxygens (including phenoxy) is 1. The van der Waals surface area contributed by atoms with Crippen molar-refractivity contribution in [2.24, 2.45) is 0 Å². The van der Waals surface area contributed by atoms with Crippen molar-refractivity contribution in [3.05, 3.63) is 99.9 Å². The van der Waals surface area contributed by atoms with Crippen LogP contribution < -0.4 is 15.4 Å². The molecule has 216 valence electrons. The summed E-state index contributed by atoms with van der Waals surface area (Å²) in [7, 11) is 0. The van der Waals surface area contributed by atoms with Crippen LogP contribution in [0.3, 0.4) is 0 Å². The van der Waals surface area contributed by atoms with Gasteiger partial charge in [0.1, 0.15) is 41.8 Å². The van der Waals surface area contributed by atoms with Crippen molar-refractivity contribution in [3.8, 4) is 32.6 Å². The van der Waals surface area contributed by atoms with Crippen LogP contribution in [0.15, 0.2) is 71.4 Å². The Bertz CT molecular complexity index is 1810. The monoisotopic (exact) mass is 722 g/mol. The van der Waals surface area contributed by atoms with E-state index in [1.807, 2.05) is 48.5 Å². The molecule has 0 aliphatic heterocycles. The van der Waals surface area contributed by atoms with Gasteiger partial charge in [0, 0.05) is 21.9 Å². The number of carbonyl (C=O) groups excluding carboxylic acids is 2. The fourth-order valence-corrected chi connectivity index (χ4v) is 8.19. The molecule has 0 saturated heterocycles. The standard InChI is InChI=1S/C28H14Cl4N4O3S4/c29-19-9-17(23(31)42-19)25(37)33-21-11-40-27(35-21)13-1-5-15(6-2-13)39-16-7-3-14(4-8-16)28-36-22(12-41-28)34-26(38)18-10-20(30)43-24(18)32/h1-12H,(H,33,37)(H,34,38). The normalized spacial score (nSPS) is 11.0. The van der Waals surface area contributed by atoms with Gasteiger partial charge in [-0.2, -0.15) is 0 Å². The molecule has 43 heavy (non-hydrogen) atoms. The number of thiazole rings is 2. The van der Waals surface area contributed by atoms with Crippen LogP contribution in [0.5, 0.6) is 11.5 Å². The van der Waals surface area contributed by atoms with Gasteiger partial charge in [-0.25, -0.2) is 9.97 Å². The molecule has 2 N–H and O–H groups in total. The van der Waals surface area contributed by atoms with Crippen LogP contribution in [-0.2, 0) is 0 Å². The zero-order chi connectivity index (χ0) is 30.1. The number of rotatable bonds is 8. The second-order valence-corrected chi connectivity index (χ2v) is 14.9. The summed E-state index contributed by atoms with van der Waals surface area (Å²) in [4.78, 5) is 34.0. The number of benzene rings is 2. The molecule has 0 aliphatic carbocycles. The lowest BCUT2D eigenvalue weighted by molar-refractivity contribution is 0.101. The number of aromatic nitrogens is 2. The third-order valence-electron chi connectivity index (χ3n) is 5.73. The van der Waals surface area contributed by atoms with Crippen molar-refractivity contribution in [1.29, 1.82) is 0 Å². The lowest BCUT2D eigenvalue weighted by Gasteiger charge is -2.07. The molecule has 15 heteroatoms. The first-order valence-electron chi connectivity index (χ1n) is 12.0. The highest BCUT2D eigenvalue weighted by Crippen LogP contribution is 2.35. The van der Waals surface area contributed by atoms with E-state index < -0.39 is 0 Å². The van der Waals surface area contributed by atoms with Gasteiger partial charge in [-0.15, -0.1) is 45.3 Å². The van der Waals surface area contributed by atoms with Crippen LogP contribution in [0.2, 0.25) is 17.3 Å². The Labute approximate surface area is 280 Å². The van der Waals surface area contributed by atoms with Gasteiger partial charge in [-0.05, 0) is 60.7 Å². The summed E-state index contributed by atoms with van der Waals surface area (Å²) in [5.74, 6) is 1.42. The Morgan fingerprint density at radius 2 is 1.02 bits per heavy atom. The maximum absolute atomic E-state index is 12.5. The van der Waals surface area contributed by atoms with E-state index in [1.165, 1.54) is 34.8 Å². The van der Waals surface area contributed by atoms with E-state index in [0.717, 1.165) is 43.8 Å². The summed E-state index contributed by atoms with van der Waals surface area (Å²) in [5.41, 5.74) is 2.38. The topological polar surface area (TPSA) is 93.2 Å². The van der Waals surface area contributed by atoms with Gasteiger partial charge in [0.05, 0.1) is 19.8 Å². The molecule has 0 unspecified atom stereocenters. The predicted octanol–water partition coefficient (Wildman–Crippen LogP) is 11.0. The molecule has 0 aliphatic rings. The third kappa shape index (κ3) is 7.05. The smallest absolute Gasteiger partial charge is 0.259 e. The van der Waals surface area contributed by atoms with Crippen molar-refractivity contribution < 1.29 is 14.3 Å². The second-order valence-electron chi connectivity index (χ2n) is 8.61. The lowest BCUT2D eigenvalue weighted by Crippen LogP contribution is -2.11. The number of carbonyl (C=O) groups is 2. The molecule has 0 fully saturated rings. The quantitative estimate of drug-likeness (QED) is 0.163. The Morgan fingerprint density at radius 1 is 0.628 bits per heavy atom. The van der Waals surface area contributed by atoms with Crippen molar-refractivity contribution in [3.63, 3.8) is 0 Å². The van der Waals surface area contributed by atoms with Crippen molar-refractivity contribution in [1.82, 2.24) is 9.97 Å². The molecule has 0 saturated carbocycles. The molecule has 0 radical (unpaired) electrons. The van der Waals surface area contributed by atoms with Gasteiger partial charge in [0.25, 0.3) is 11.8 Å². The zero-order valence-electron chi connectivity index (χ0n) is 21.2. The lowest BCUT2D eigenvalue weighted by atomic mass is 10.2. The van der Waals surface area contributed by atoms with E-state index in [-0.39, 0.29) is 11.8 Å². The minimum absolute atomic E-state index is 0.312. The number of hydrogen-bond acceptors (Lipinski definition) is 9. The largest absolute Gasteiger partial charge is 0.457 e. The third-order valence-corrected chi connectivity index (χ3v) is 10.5. The molecule has 2 aromatic carbocycles. The van der Waals surface area contributed by atoms with Crippen LogP contribution in [0.1, 0.15) is 20.7 Å². The van der Waals surface area contributed by atoms with Gasteiger partial charge in [-0.1, -0.05) is 46.4 Å². The Kier molecular flexibility index (Phi) is 9.03. The molecule has 6 aromatic rings. The van der Waals surface area contributed by atoms with Crippen molar-refractivity contribution in [2.45, 2.75) is 0 Å². The summed E-state index contributed by atoms with van der Waals surface area (Å²) < 4.78 is 7.54. The Balaban J connectivity index is 1.06. The fourth-order valence-electron chi connectivity index (χ4n) is 3.75. The summed E-state index contributed by atoms with van der Waals surface area (Å²) in [6.45, 7) is 0. The molecule has 7 nitrogen and oxygen atoms in total. The number of nitrogens with one attached hydrogen (secondary N) is 2. The predicted molar refractivity (Wildman–Crippen MR) is 180 cm³/mol. The molecule has 2 amide bonds. The van der Waals surface area contributed by atoms with E-state index >= 15 is 0 Å². The first-order chi connectivity index (χ1) is 20.7. The highest BCUT2D eigenvalue weighted by atomic mass is 35.5. The molecule has 6 rings (SSSR count).